The minimum atomic E-state index is -0.242. The van der Waals surface area contributed by atoms with E-state index < -0.39 is 0 Å². The van der Waals surface area contributed by atoms with Crippen molar-refractivity contribution in [2.24, 2.45) is 0 Å². The molecule has 0 spiro atoms. The van der Waals surface area contributed by atoms with Gasteiger partial charge in [-0.15, -0.1) is 0 Å². The van der Waals surface area contributed by atoms with Crippen LogP contribution in [-0.2, 0) is 5.75 Å². The van der Waals surface area contributed by atoms with E-state index in [0.29, 0.717) is 5.02 Å². The molecule has 0 amide bonds. The topological polar surface area (TPSA) is 12.0 Å². The smallest absolute Gasteiger partial charge is 0.125 e. The lowest BCUT2D eigenvalue weighted by Crippen LogP contribution is -2.26. The van der Waals surface area contributed by atoms with E-state index in [1.54, 1.807) is 6.07 Å². The van der Waals surface area contributed by atoms with E-state index in [-0.39, 0.29) is 11.9 Å². The van der Waals surface area contributed by atoms with Crippen LogP contribution in [0.3, 0.4) is 0 Å². The monoisotopic (exact) mass is 245 g/mol. The molecule has 0 saturated carbocycles. The van der Waals surface area contributed by atoms with Crippen molar-refractivity contribution >= 4 is 23.4 Å². The number of hydrogen-bond acceptors (Lipinski definition) is 2. The van der Waals surface area contributed by atoms with Gasteiger partial charge in [0.2, 0.25) is 0 Å². The Balaban J connectivity index is 2.41. The zero-order chi connectivity index (χ0) is 10.8. The SMILES string of the molecule is CCNC1CSCc2c(Cl)cc(F)cc21. The molecule has 15 heavy (non-hydrogen) atoms. The number of halogens is 2. The van der Waals surface area contributed by atoms with Crippen molar-refractivity contribution in [2.45, 2.75) is 18.7 Å². The van der Waals surface area contributed by atoms with Crippen LogP contribution in [-0.4, -0.2) is 12.3 Å². The average molecular weight is 246 g/mol. The molecular weight excluding hydrogens is 233 g/mol. The molecule has 0 saturated heterocycles. The van der Waals surface area contributed by atoms with Crippen molar-refractivity contribution in [2.75, 3.05) is 12.3 Å². The minimum Gasteiger partial charge on any atom is -0.309 e. The van der Waals surface area contributed by atoms with Crippen molar-refractivity contribution in [1.29, 1.82) is 0 Å². The van der Waals surface area contributed by atoms with Crippen molar-refractivity contribution in [3.05, 3.63) is 34.1 Å². The maximum atomic E-state index is 13.3. The molecule has 2 rings (SSSR count). The predicted octanol–water partition coefficient (Wildman–Crippen LogP) is 3.38. The lowest BCUT2D eigenvalue weighted by Gasteiger charge is -2.26. The summed E-state index contributed by atoms with van der Waals surface area (Å²) in [5.41, 5.74) is 2.11. The van der Waals surface area contributed by atoms with Crippen molar-refractivity contribution in [1.82, 2.24) is 5.32 Å². The highest BCUT2D eigenvalue weighted by atomic mass is 35.5. The van der Waals surface area contributed by atoms with E-state index in [9.17, 15) is 4.39 Å². The van der Waals surface area contributed by atoms with Crippen LogP contribution in [0.5, 0.6) is 0 Å². The van der Waals surface area contributed by atoms with Crippen LogP contribution >= 0.6 is 23.4 Å². The number of nitrogens with one attached hydrogen (secondary N) is 1. The van der Waals surface area contributed by atoms with Gasteiger partial charge in [-0.05, 0) is 29.8 Å². The number of hydrogen-bond donors (Lipinski definition) is 1. The van der Waals surface area contributed by atoms with E-state index in [4.69, 9.17) is 11.6 Å². The van der Waals surface area contributed by atoms with Gasteiger partial charge in [0.05, 0.1) is 0 Å². The maximum Gasteiger partial charge on any atom is 0.125 e. The van der Waals surface area contributed by atoms with Gasteiger partial charge in [-0.2, -0.15) is 11.8 Å². The molecule has 1 aliphatic rings. The van der Waals surface area contributed by atoms with Gasteiger partial charge in [-0.1, -0.05) is 18.5 Å². The maximum absolute atomic E-state index is 13.3. The van der Waals surface area contributed by atoms with Gasteiger partial charge in [0, 0.05) is 22.6 Å². The summed E-state index contributed by atoms with van der Waals surface area (Å²) >= 11 is 7.87. The van der Waals surface area contributed by atoms with Crippen molar-refractivity contribution < 1.29 is 4.39 Å². The van der Waals surface area contributed by atoms with Crippen LogP contribution in [0.25, 0.3) is 0 Å². The molecule has 1 aliphatic heterocycles. The molecule has 0 aromatic heterocycles. The quantitative estimate of drug-likeness (QED) is 0.858. The highest BCUT2D eigenvalue weighted by Gasteiger charge is 2.22. The molecule has 1 nitrogen and oxygen atoms in total. The summed E-state index contributed by atoms with van der Waals surface area (Å²) in [5.74, 6) is 1.63. The summed E-state index contributed by atoms with van der Waals surface area (Å²) in [5, 5.41) is 3.90. The molecule has 4 heteroatoms. The fourth-order valence-electron chi connectivity index (χ4n) is 1.87. The first-order valence-corrected chi connectivity index (χ1v) is 6.54. The first-order valence-electron chi connectivity index (χ1n) is 5.01. The van der Waals surface area contributed by atoms with Gasteiger partial charge in [-0.3, -0.25) is 0 Å². The fraction of sp³-hybridized carbons (Fsp3) is 0.455. The Morgan fingerprint density at radius 1 is 1.60 bits per heavy atom. The zero-order valence-corrected chi connectivity index (χ0v) is 10.1. The van der Waals surface area contributed by atoms with Gasteiger partial charge < -0.3 is 5.32 Å². The Morgan fingerprint density at radius 2 is 2.40 bits per heavy atom. The molecule has 1 aromatic carbocycles. The molecule has 82 valence electrons. The van der Waals surface area contributed by atoms with E-state index in [1.165, 1.54) is 6.07 Å². The Kier molecular flexibility index (Phi) is 3.54. The van der Waals surface area contributed by atoms with Crippen molar-refractivity contribution in [3.63, 3.8) is 0 Å². The Morgan fingerprint density at radius 3 is 3.13 bits per heavy atom. The second kappa shape index (κ2) is 4.73. The third-order valence-corrected chi connectivity index (χ3v) is 3.95. The van der Waals surface area contributed by atoms with Crippen molar-refractivity contribution in [3.8, 4) is 0 Å². The Hall–Kier alpha value is -0.250. The number of benzene rings is 1. The van der Waals surface area contributed by atoms with Gasteiger partial charge >= 0.3 is 0 Å². The van der Waals surface area contributed by atoms with E-state index >= 15 is 0 Å². The molecule has 1 heterocycles. The third kappa shape index (κ3) is 2.30. The van der Waals surface area contributed by atoms with Gasteiger partial charge in [0.1, 0.15) is 5.82 Å². The van der Waals surface area contributed by atoms with Gasteiger partial charge in [0.25, 0.3) is 0 Å². The molecule has 1 aromatic rings. The third-order valence-electron chi connectivity index (χ3n) is 2.55. The molecule has 0 aliphatic carbocycles. The first kappa shape index (κ1) is 11.2. The van der Waals surface area contributed by atoms with Crippen LogP contribution < -0.4 is 5.32 Å². The Bertz CT molecular complexity index is 370. The molecule has 1 unspecified atom stereocenters. The zero-order valence-electron chi connectivity index (χ0n) is 8.52. The summed E-state index contributed by atoms with van der Waals surface area (Å²) in [7, 11) is 0. The fourth-order valence-corrected chi connectivity index (χ4v) is 3.41. The van der Waals surface area contributed by atoms with Crippen LogP contribution in [0.4, 0.5) is 4.39 Å². The molecule has 1 N–H and O–H groups in total. The number of rotatable bonds is 2. The molecule has 0 radical (unpaired) electrons. The van der Waals surface area contributed by atoms with Crippen LogP contribution in [0.1, 0.15) is 24.1 Å². The van der Waals surface area contributed by atoms with Crippen LogP contribution in [0, 0.1) is 5.82 Å². The van der Waals surface area contributed by atoms with Gasteiger partial charge in [-0.25, -0.2) is 4.39 Å². The summed E-state index contributed by atoms with van der Waals surface area (Å²) in [6.07, 6.45) is 0. The highest BCUT2D eigenvalue weighted by molar-refractivity contribution is 7.98. The lowest BCUT2D eigenvalue weighted by molar-refractivity contribution is 0.581. The molecule has 0 bridgehead atoms. The van der Waals surface area contributed by atoms with E-state index in [2.05, 4.69) is 12.2 Å². The first-order chi connectivity index (χ1) is 7.22. The standard InChI is InChI=1S/C11H13ClFNS/c1-2-14-11-6-15-5-9-8(11)3-7(13)4-10(9)12/h3-4,11,14H,2,5-6H2,1H3. The number of fused-ring (bicyclic) bond motifs is 1. The lowest BCUT2D eigenvalue weighted by atomic mass is 10.0. The van der Waals surface area contributed by atoms with Crippen LogP contribution in [0.15, 0.2) is 12.1 Å². The minimum absolute atomic E-state index is 0.233. The van der Waals surface area contributed by atoms with Crippen LogP contribution in [0.2, 0.25) is 5.02 Å². The predicted molar refractivity (Wildman–Crippen MR) is 64.0 cm³/mol. The normalized spacial score (nSPS) is 20.1. The average Bonchev–Trinajstić information content (AvgIpc) is 2.19. The second-order valence-corrected chi connectivity index (χ2v) is 5.02. The largest absolute Gasteiger partial charge is 0.309 e. The summed E-state index contributed by atoms with van der Waals surface area (Å²) in [6, 6.07) is 3.24. The molecule has 0 fully saturated rings. The summed E-state index contributed by atoms with van der Waals surface area (Å²) in [6.45, 7) is 2.94. The van der Waals surface area contributed by atoms with E-state index in [0.717, 1.165) is 29.2 Å². The summed E-state index contributed by atoms with van der Waals surface area (Å²) < 4.78 is 13.3. The second-order valence-electron chi connectivity index (χ2n) is 3.58. The molecule has 1 atom stereocenters. The summed E-state index contributed by atoms with van der Waals surface area (Å²) in [4.78, 5) is 0. The number of thioether (sulfide) groups is 1. The van der Waals surface area contributed by atoms with Gasteiger partial charge in [0.15, 0.2) is 0 Å². The highest BCUT2D eigenvalue weighted by Crippen LogP contribution is 2.36. The van der Waals surface area contributed by atoms with E-state index in [1.807, 2.05) is 11.8 Å². The Labute approximate surface area is 98.4 Å². The molecular formula is C11H13ClFNS.